The van der Waals surface area contributed by atoms with Crippen molar-refractivity contribution in [1.29, 1.82) is 0 Å². The van der Waals surface area contributed by atoms with Crippen LogP contribution in [0.5, 0.6) is 0 Å². The SMILES string of the molecule is CC1=CC(C)(C)N(C(C)C)c2ccc(/C=C3\C(=O)NC(=O)N(c4ccc(Cl)c(Cl)c4)C3=O)cc21. The molecule has 0 saturated carbocycles. The lowest BCUT2D eigenvalue weighted by molar-refractivity contribution is -0.122. The van der Waals surface area contributed by atoms with Crippen LogP contribution in [-0.4, -0.2) is 29.4 Å². The number of halogens is 2. The van der Waals surface area contributed by atoms with Crippen LogP contribution in [0.15, 0.2) is 48.0 Å². The first-order valence-electron chi connectivity index (χ1n) is 10.9. The van der Waals surface area contributed by atoms with Crippen molar-refractivity contribution in [3.05, 3.63) is 69.2 Å². The highest BCUT2D eigenvalue weighted by atomic mass is 35.5. The lowest BCUT2D eigenvalue weighted by Crippen LogP contribution is -2.54. The third kappa shape index (κ3) is 4.12. The van der Waals surface area contributed by atoms with Crippen LogP contribution in [0.2, 0.25) is 10.0 Å². The number of amides is 4. The van der Waals surface area contributed by atoms with Gasteiger partial charge in [0.15, 0.2) is 0 Å². The van der Waals surface area contributed by atoms with Crippen molar-refractivity contribution in [2.75, 3.05) is 9.80 Å². The number of nitrogens with zero attached hydrogens (tertiary/aromatic N) is 2. The topological polar surface area (TPSA) is 69.7 Å². The molecule has 0 radical (unpaired) electrons. The molecule has 2 heterocycles. The molecule has 1 saturated heterocycles. The Morgan fingerprint density at radius 3 is 2.35 bits per heavy atom. The molecule has 176 valence electrons. The molecule has 34 heavy (non-hydrogen) atoms. The molecule has 8 heteroatoms. The number of rotatable bonds is 3. The van der Waals surface area contributed by atoms with Gasteiger partial charge in [-0.1, -0.05) is 35.3 Å². The Labute approximate surface area is 208 Å². The van der Waals surface area contributed by atoms with Crippen molar-refractivity contribution < 1.29 is 14.4 Å². The summed E-state index contributed by atoms with van der Waals surface area (Å²) in [4.78, 5) is 41.5. The standard InChI is InChI=1S/C26H25Cl2N3O3/c1-14(2)31-22-9-6-16(10-18(22)15(3)13-26(31,4)5)11-19-23(32)29-25(34)30(24(19)33)17-7-8-20(27)21(28)12-17/h6-14H,1-5H3,(H,29,32,34)/b19-11+. The van der Waals surface area contributed by atoms with E-state index in [4.69, 9.17) is 23.2 Å². The monoisotopic (exact) mass is 497 g/mol. The van der Waals surface area contributed by atoms with E-state index in [1.165, 1.54) is 24.3 Å². The Morgan fingerprint density at radius 1 is 1.00 bits per heavy atom. The Morgan fingerprint density at radius 2 is 1.71 bits per heavy atom. The predicted molar refractivity (Wildman–Crippen MR) is 137 cm³/mol. The Balaban J connectivity index is 1.76. The van der Waals surface area contributed by atoms with Gasteiger partial charge in [0.1, 0.15) is 5.57 Å². The first kappa shape index (κ1) is 24.0. The minimum Gasteiger partial charge on any atom is -0.360 e. The first-order valence-corrected chi connectivity index (χ1v) is 11.7. The van der Waals surface area contributed by atoms with Crippen LogP contribution in [0, 0.1) is 0 Å². The highest BCUT2D eigenvalue weighted by Crippen LogP contribution is 2.41. The molecule has 1 fully saturated rings. The summed E-state index contributed by atoms with van der Waals surface area (Å²) in [6.45, 7) is 10.7. The highest BCUT2D eigenvalue weighted by Gasteiger charge is 2.37. The van der Waals surface area contributed by atoms with Crippen LogP contribution in [0.1, 0.15) is 45.7 Å². The molecule has 6 nitrogen and oxygen atoms in total. The van der Waals surface area contributed by atoms with E-state index in [9.17, 15) is 14.4 Å². The van der Waals surface area contributed by atoms with Crippen LogP contribution in [0.25, 0.3) is 11.6 Å². The van der Waals surface area contributed by atoms with Gasteiger partial charge in [0, 0.05) is 17.3 Å². The molecule has 4 rings (SSSR count). The van der Waals surface area contributed by atoms with Crippen molar-refractivity contribution in [3.63, 3.8) is 0 Å². The molecule has 0 spiro atoms. The summed E-state index contributed by atoms with van der Waals surface area (Å²) in [5.41, 5.74) is 3.84. The van der Waals surface area contributed by atoms with Gasteiger partial charge >= 0.3 is 6.03 Å². The normalized spacial score (nSPS) is 18.9. The van der Waals surface area contributed by atoms with Gasteiger partial charge in [-0.2, -0.15) is 0 Å². The summed E-state index contributed by atoms with van der Waals surface area (Å²) in [5.74, 6) is -1.48. The number of carbonyl (C=O) groups excluding carboxylic acids is 3. The third-order valence-corrected chi connectivity index (χ3v) is 6.73. The number of urea groups is 1. The summed E-state index contributed by atoms with van der Waals surface area (Å²) in [6, 6.07) is 9.66. The zero-order valence-electron chi connectivity index (χ0n) is 19.6. The van der Waals surface area contributed by atoms with Crippen molar-refractivity contribution in [3.8, 4) is 0 Å². The second kappa shape index (κ2) is 8.60. The second-order valence-electron chi connectivity index (χ2n) is 9.28. The van der Waals surface area contributed by atoms with Crippen molar-refractivity contribution in [2.24, 2.45) is 0 Å². The van der Waals surface area contributed by atoms with Gasteiger partial charge in [-0.3, -0.25) is 14.9 Å². The average molecular weight is 498 g/mol. The van der Waals surface area contributed by atoms with Gasteiger partial charge < -0.3 is 4.90 Å². The third-order valence-electron chi connectivity index (χ3n) is 5.99. The van der Waals surface area contributed by atoms with Crippen LogP contribution in [-0.2, 0) is 9.59 Å². The fourth-order valence-corrected chi connectivity index (χ4v) is 5.08. The van der Waals surface area contributed by atoms with Gasteiger partial charge in [-0.25, -0.2) is 9.69 Å². The van der Waals surface area contributed by atoms with Crippen molar-refractivity contribution >= 4 is 64.1 Å². The first-order chi connectivity index (χ1) is 15.9. The van der Waals surface area contributed by atoms with Gasteiger partial charge in [-0.15, -0.1) is 0 Å². The van der Waals surface area contributed by atoms with E-state index in [1.54, 1.807) is 0 Å². The molecule has 0 bridgehead atoms. The molecule has 0 atom stereocenters. The highest BCUT2D eigenvalue weighted by molar-refractivity contribution is 6.43. The maximum absolute atomic E-state index is 13.2. The number of hydrogen-bond acceptors (Lipinski definition) is 4. The zero-order valence-corrected chi connectivity index (χ0v) is 21.1. The average Bonchev–Trinajstić information content (AvgIpc) is 2.73. The van der Waals surface area contributed by atoms with Crippen molar-refractivity contribution in [2.45, 2.75) is 46.2 Å². The van der Waals surface area contributed by atoms with E-state index in [-0.39, 0.29) is 27.9 Å². The second-order valence-corrected chi connectivity index (χ2v) is 10.1. The summed E-state index contributed by atoms with van der Waals surface area (Å²) >= 11 is 12.0. The molecule has 2 aromatic carbocycles. The fourth-order valence-electron chi connectivity index (χ4n) is 4.78. The zero-order chi connectivity index (χ0) is 24.9. The molecule has 4 amide bonds. The number of fused-ring (bicyclic) bond motifs is 1. The Hall–Kier alpha value is -3.09. The quantitative estimate of drug-likeness (QED) is 0.412. The van der Waals surface area contributed by atoms with Crippen LogP contribution in [0.3, 0.4) is 0 Å². The lowest BCUT2D eigenvalue weighted by Gasteiger charge is -2.46. The van der Waals surface area contributed by atoms with Crippen LogP contribution in [0.4, 0.5) is 16.2 Å². The number of hydrogen-bond donors (Lipinski definition) is 1. The number of imide groups is 2. The minimum absolute atomic E-state index is 0.148. The van der Waals surface area contributed by atoms with Gasteiger partial charge in [0.05, 0.1) is 21.3 Å². The number of allylic oxidation sites excluding steroid dienone is 1. The summed E-state index contributed by atoms with van der Waals surface area (Å²) in [5, 5.41) is 2.71. The van der Waals surface area contributed by atoms with E-state index in [0.717, 1.165) is 21.7 Å². The fraction of sp³-hybridized carbons (Fsp3) is 0.269. The number of nitrogens with one attached hydrogen (secondary N) is 1. The number of carbonyl (C=O) groups is 3. The molecule has 0 aliphatic carbocycles. The molecule has 2 aliphatic heterocycles. The van der Waals surface area contributed by atoms with Crippen LogP contribution >= 0.6 is 23.2 Å². The molecule has 1 N–H and O–H groups in total. The molecule has 2 aliphatic rings. The largest absolute Gasteiger partial charge is 0.360 e. The number of anilines is 2. The predicted octanol–water partition coefficient (Wildman–Crippen LogP) is 6.07. The van der Waals surface area contributed by atoms with E-state index in [1.807, 2.05) is 18.2 Å². The van der Waals surface area contributed by atoms with Crippen molar-refractivity contribution in [1.82, 2.24) is 5.32 Å². The molecule has 0 aromatic heterocycles. The molecular weight excluding hydrogens is 473 g/mol. The maximum Gasteiger partial charge on any atom is 0.335 e. The number of barbiturate groups is 1. The Kier molecular flexibility index (Phi) is 6.08. The van der Waals surface area contributed by atoms with Gasteiger partial charge in [0.25, 0.3) is 11.8 Å². The van der Waals surface area contributed by atoms with Crippen LogP contribution < -0.4 is 15.1 Å². The van der Waals surface area contributed by atoms with E-state index in [0.29, 0.717) is 10.6 Å². The molecular formula is C26H25Cl2N3O3. The number of benzene rings is 2. The molecule has 0 unspecified atom stereocenters. The Bertz CT molecular complexity index is 1290. The minimum atomic E-state index is -0.843. The maximum atomic E-state index is 13.2. The van der Waals surface area contributed by atoms with Gasteiger partial charge in [-0.05, 0) is 82.2 Å². The lowest BCUT2D eigenvalue weighted by atomic mass is 9.86. The van der Waals surface area contributed by atoms with E-state index in [2.05, 4.69) is 50.9 Å². The summed E-state index contributed by atoms with van der Waals surface area (Å²) < 4.78 is 0. The molecule has 2 aromatic rings. The van der Waals surface area contributed by atoms with E-state index >= 15 is 0 Å². The summed E-state index contributed by atoms with van der Waals surface area (Å²) in [7, 11) is 0. The smallest absolute Gasteiger partial charge is 0.335 e. The van der Waals surface area contributed by atoms with E-state index < -0.39 is 17.8 Å². The van der Waals surface area contributed by atoms with Gasteiger partial charge in [0.2, 0.25) is 0 Å². The summed E-state index contributed by atoms with van der Waals surface area (Å²) in [6.07, 6.45) is 3.72.